The van der Waals surface area contributed by atoms with E-state index < -0.39 is 56.9 Å². The van der Waals surface area contributed by atoms with Gasteiger partial charge in [-0.05, 0) is 0 Å². The molecule has 0 aromatic rings. The molecule has 0 fully saturated rings. The summed E-state index contributed by atoms with van der Waals surface area (Å²) in [6, 6.07) is 0. The molecule has 0 atom stereocenters. The standard InChI is InChI=1S/Ca.2ClH.2K.Mg.Na.H4O7P2.H2O4S.9H2O.5H/c;;;;;;;1-8(2,3)7-9(4,5)6;1-5(2,3)4;;;;;;;;;;;;;;/h;2*1H;;;;;(H2,1,2,3)(H2,4,5,6);(H2,1,2,3,4);9*1H2;;;;;/q+2;;;;;;;;;;;;;;;;;;;;;;/p-2. The first kappa shape index (κ1) is 109. The summed E-state index contributed by atoms with van der Waals surface area (Å²) in [4.78, 5) is 31.0. The van der Waals surface area contributed by atoms with Gasteiger partial charge in [-0.15, -0.1) is 0 Å². The molecule has 0 saturated heterocycles. The van der Waals surface area contributed by atoms with Crippen LogP contribution in [-0.2, 0) is 23.8 Å². The van der Waals surface area contributed by atoms with Gasteiger partial charge in [0.1, 0.15) is 0 Å². The average molecular weight is 680 g/mol. The molecule has 0 saturated carbocycles. The molecule has 0 radical (unpaired) electrons. The molecule has 0 unspecified atom stereocenters. The number of rotatable bonds is 2. The number of hydrogen-bond acceptors (Lipinski definition) is 5. The van der Waals surface area contributed by atoms with Crippen LogP contribution < -0.4 is 0 Å². The third-order valence-corrected chi connectivity index (χ3v) is 1.91. The van der Waals surface area contributed by atoms with E-state index in [1.165, 1.54) is 0 Å². The van der Waals surface area contributed by atoms with Crippen molar-refractivity contribution in [3.05, 3.63) is 0 Å². The van der Waals surface area contributed by atoms with Gasteiger partial charge in [0.15, 0.2) is 0 Å². The van der Waals surface area contributed by atoms with Crippen LogP contribution in [-0.4, -0.2) is 273 Å². The van der Waals surface area contributed by atoms with Crippen LogP contribution in [0, 0.1) is 0 Å². The number of halogens is 2. The van der Waals surface area contributed by atoms with Crippen molar-refractivity contribution in [2.24, 2.45) is 0 Å². The number of phosphoric acid groups is 2. The molecule has 20 nitrogen and oxygen atoms in total. The van der Waals surface area contributed by atoms with Gasteiger partial charge in [-0.3, -0.25) is 9.11 Å². The normalized spacial score (nSPS) is 6.40. The van der Waals surface area contributed by atoms with Crippen molar-refractivity contribution < 1.29 is 99.8 Å². The molecular weight excluding hydrogens is 650 g/mol. The Bertz CT molecular complexity index is 362. The third kappa shape index (κ3) is 245. The minimum absolute atomic E-state index is 0. The fourth-order valence-electron chi connectivity index (χ4n) is 0.139. The summed E-state index contributed by atoms with van der Waals surface area (Å²) in [6.45, 7) is 0. The van der Waals surface area contributed by atoms with Gasteiger partial charge in [-0.2, -0.15) is 12.7 Å². The van der Waals surface area contributed by atoms with Gasteiger partial charge in [0.25, 0.3) is 0 Å². The van der Waals surface area contributed by atoms with Crippen LogP contribution in [0.2, 0.25) is 0 Å². The van der Waals surface area contributed by atoms with Crippen LogP contribution >= 0.6 is 28.4 Å². The second-order valence-corrected chi connectivity index (χ2v) is 8.77. The monoisotopic (exact) mass is 678 g/mol. The van der Waals surface area contributed by atoms with Crippen molar-refractivity contribution in [3.63, 3.8) is 0 Å². The first-order valence-corrected chi connectivity index (χ1v) is 13.3. The van der Waals surface area contributed by atoms with E-state index in [0.717, 1.165) is 0 Å². The van der Waals surface area contributed by atoms with Gasteiger partial charge >= 0.3 is 225 Å². The molecule has 0 aromatic heterocycles. The molecular formula is H29CaCl2K2MgNaO20P2S. The Morgan fingerprint density at radius 1 is 0.667 bits per heavy atom. The van der Waals surface area contributed by atoms with Crippen molar-refractivity contribution in [1.82, 2.24) is 0 Å². The van der Waals surface area contributed by atoms with Crippen molar-refractivity contribution >= 4 is 225 Å². The molecule has 186 valence electrons. The third-order valence-electron chi connectivity index (χ3n) is 0.213. The van der Waals surface area contributed by atoms with Gasteiger partial charge in [-0.1, -0.05) is 0 Å². The van der Waals surface area contributed by atoms with E-state index in [1.54, 1.807) is 0 Å². The summed E-state index contributed by atoms with van der Waals surface area (Å²) in [6.07, 6.45) is 9.90. The summed E-state index contributed by atoms with van der Waals surface area (Å²) in [5.41, 5.74) is 0. The Morgan fingerprint density at radius 3 is 0.733 bits per heavy atom. The molecule has 0 aromatic carbocycles. The molecule has 0 aliphatic rings. The molecule has 0 heterocycles. The summed E-state index contributed by atoms with van der Waals surface area (Å²) < 4.78 is 53.8. The average Bonchev–Trinajstić information content (AvgIpc) is 1.72. The first-order chi connectivity index (χ1) is 7.12. The SMILES string of the molecule is O.O.O.O.O.O.O.O.O.O=P(O)(O)OP(=O)(O)O.O=S(=O)(O)O.[Cl][Ca][Cl].[KH].[KH].[MgH2].[NaH]. The van der Waals surface area contributed by atoms with Gasteiger partial charge in [-0.25, -0.2) is 9.13 Å². The maximum atomic E-state index is 9.63. The van der Waals surface area contributed by atoms with E-state index in [9.17, 15) is 9.13 Å². The molecule has 0 rings (SSSR count). The summed E-state index contributed by atoms with van der Waals surface area (Å²) in [5.74, 6) is 0. The van der Waals surface area contributed by atoms with Gasteiger partial charge in [0, 0.05) is 0 Å². The zero-order chi connectivity index (χ0) is 14.9. The number of hydrogen-bond donors (Lipinski definition) is 6. The summed E-state index contributed by atoms with van der Waals surface area (Å²) in [5, 5.41) is 0. The van der Waals surface area contributed by atoms with E-state index in [1.807, 2.05) is 0 Å². The molecule has 0 aliphatic heterocycles. The van der Waals surface area contributed by atoms with Crippen LogP contribution in [0.4, 0.5) is 0 Å². The molecule has 30 heteroatoms. The van der Waals surface area contributed by atoms with Crippen molar-refractivity contribution in [2.45, 2.75) is 0 Å². The molecule has 0 bridgehead atoms. The van der Waals surface area contributed by atoms with Crippen LogP contribution in [0.25, 0.3) is 0 Å². The Balaban J connectivity index is -0.00000000615. The van der Waals surface area contributed by atoms with Crippen LogP contribution in [0.3, 0.4) is 0 Å². The Kier molecular flexibility index (Phi) is 219. The fraction of sp³-hybridized carbons (Fsp3) is 0. The van der Waals surface area contributed by atoms with E-state index in [4.69, 9.17) is 49.9 Å². The minimum atomic E-state index is -5.05. The molecule has 0 amide bonds. The van der Waals surface area contributed by atoms with Crippen LogP contribution in [0.5, 0.6) is 0 Å². The van der Waals surface area contributed by atoms with E-state index in [-0.39, 0.29) is 205 Å². The Morgan fingerprint density at radius 2 is 0.733 bits per heavy atom. The zero-order valence-corrected chi connectivity index (χ0v) is 18.3. The van der Waals surface area contributed by atoms with Gasteiger partial charge in [0.05, 0.1) is 0 Å². The van der Waals surface area contributed by atoms with Gasteiger partial charge < -0.3 is 68.9 Å². The summed E-state index contributed by atoms with van der Waals surface area (Å²) in [7, 11) is -14.8. The van der Waals surface area contributed by atoms with Crippen LogP contribution in [0.1, 0.15) is 0 Å². The topological polar surface area (TPSA) is 482 Å². The zero-order valence-electron chi connectivity index (χ0n) is 12.0. The fourth-order valence-corrected chi connectivity index (χ4v) is 1.25. The van der Waals surface area contributed by atoms with Crippen molar-refractivity contribution in [2.75, 3.05) is 0 Å². The van der Waals surface area contributed by atoms with E-state index in [0.29, 0.717) is 0 Å². The molecule has 0 aliphatic carbocycles. The maximum absolute atomic E-state index is 9.63. The quantitative estimate of drug-likeness (QED) is 0.0903. The first-order valence-electron chi connectivity index (χ1n) is 2.76. The van der Waals surface area contributed by atoms with Crippen molar-refractivity contribution in [3.8, 4) is 0 Å². The summed E-state index contributed by atoms with van der Waals surface area (Å²) >= 11 is -0.931. The molecule has 30 heavy (non-hydrogen) atoms. The molecule has 0 spiro atoms. The Hall–Kier alpha value is 6.65. The van der Waals surface area contributed by atoms with Crippen molar-refractivity contribution in [1.29, 1.82) is 0 Å². The van der Waals surface area contributed by atoms with Crippen LogP contribution in [0.15, 0.2) is 0 Å². The predicted octanol–water partition coefficient (Wildman–Crippen LogP) is -10.8. The molecule has 24 N–H and O–H groups in total. The second kappa shape index (κ2) is 60.3. The van der Waals surface area contributed by atoms with E-state index in [2.05, 4.69) is 4.31 Å². The predicted molar refractivity (Wildman–Crippen MR) is 119 cm³/mol. The Labute approximate surface area is 317 Å². The van der Waals surface area contributed by atoms with E-state index >= 15 is 0 Å². The van der Waals surface area contributed by atoms with Gasteiger partial charge in [0.2, 0.25) is 0 Å². The second-order valence-electron chi connectivity index (χ2n) is 1.61.